The maximum absolute atomic E-state index is 8.74. The normalized spacial score (nSPS) is 11.2. The van der Waals surface area contributed by atoms with Crippen LogP contribution in [0.2, 0.25) is 0 Å². The summed E-state index contributed by atoms with van der Waals surface area (Å²) in [5, 5.41) is 3.14. The minimum absolute atomic E-state index is 0.116. The van der Waals surface area contributed by atoms with Gasteiger partial charge in [-0.1, -0.05) is 0 Å². The molecule has 8 nitrogen and oxygen atoms in total. The molecule has 0 fully saturated rings. The van der Waals surface area contributed by atoms with Crippen LogP contribution in [0.1, 0.15) is 13.8 Å². The van der Waals surface area contributed by atoms with Gasteiger partial charge in [0.15, 0.2) is 0 Å². The third-order valence-electron chi connectivity index (χ3n) is 0.470. The van der Waals surface area contributed by atoms with Gasteiger partial charge in [-0.05, 0) is 13.8 Å². The number of hydrazone groups is 1. The lowest BCUT2D eigenvalue weighted by molar-refractivity contribution is 0.381. The largest absolute Gasteiger partial charge is 0.394 e. The number of nitrogens with two attached hydrogens (primary N) is 2. The second-order valence-corrected chi connectivity index (χ2v) is 2.89. The standard InChI is InChI=1S/C4H10N4.H2O4S/c1-3(2)7-4(5)8-6;1-5(2,3)4/h6H2,1-2H3,(H2,5,8);(H2,1,2,3,4). The van der Waals surface area contributed by atoms with Crippen molar-refractivity contribution in [3.63, 3.8) is 0 Å². The summed E-state index contributed by atoms with van der Waals surface area (Å²) in [4.78, 5) is 3.72. The van der Waals surface area contributed by atoms with Crippen molar-refractivity contribution in [2.24, 2.45) is 21.7 Å². The molecule has 0 aliphatic heterocycles. The summed E-state index contributed by atoms with van der Waals surface area (Å²) in [6.07, 6.45) is 0. The van der Waals surface area contributed by atoms with Crippen LogP contribution in [0.4, 0.5) is 0 Å². The SMILES string of the molecule is CC(C)=NC(N)=NN.O=S(=O)(O)O. The molecule has 0 saturated carbocycles. The second-order valence-electron chi connectivity index (χ2n) is 1.99. The van der Waals surface area contributed by atoms with Crippen LogP contribution in [0.3, 0.4) is 0 Å². The molecule has 13 heavy (non-hydrogen) atoms. The fourth-order valence-electron chi connectivity index (χ4n) is 0.258. The first-order valence-corrected chi connectivity index (χ1v) is 4.31. The van der Waals surface area contributed by atoms with Gasteiger partial charge in [0, 0.05) is 5.71 Å². The lowest BCUT2D eigenvalue weighted by Crippen LogP contribution is -2.11. The van der Waals surface area contributed by atoms with Gasteiger partial charge in [0.05, 0.1) is 0 Å². The lowest BCUT2D eigenvalue weighted by atomic mass is 10.5. The molecule has 0 heterocycles. The summed E-state index contributed by atoms with van der Waals surface area (Å²) < 4.78 is 31.6. The Hall–Kier alpha value is -1.19. The number of guanidine groups is 1. The summed E-state index contributed by atoms with van der Waals surface area (Å²) in [6, 6.07) is 0. The summed E-state index contributed by atoms with van der Waals surface area (Å²) in [5.74, 6) is 4.89. The van der Waals surface area contributed by atoms with E-state index in [0.29, 0.717) is 0 Å². The van der Waals surface area contributed by atoms with E-state index in [1.165, 1.54) is 0 Å². The molecule has 0 aromatic carbocycles. The van der Waals surface area contributed by atoms with Gasteiger partial charge in [0.25, 0.3) is 0 Å². The van der Waals surface area contributed by atoms with E-state index in [0.717, 1.165) is 5.71 Å². The quantitative estimate of drug-likeness (QED) is 0.133. The minimum atomic E-state index is -4.67. The number of aliphatic imine (C=N–C) groups is 1. The minimum Gasteiger partial charge on any atom is -0.367 e. The van der Waals surface area contributed by atoms with Crippen LogP contribution in [0.5, 0.6) is 0 Å². The Kier molecular flexibility index (Phi) is 6.99. The first-order chi connectivity index (χ1) is 5.66. The summed E-state index contributed by atoms with van der Waals surface area (Å²) in [7, 11) is -4.67. The molecular formula is C4H12N4O4S. The van der Waals surface area contributed by atoms with Crippen LogP contribution in [-0.2, 0) is 10.4 Å². The Morgan fingerprint density at radius 2 is 1.62 bits per heavy atom. The highest BCUT2D eigenvalue weighted by atomic mass is 32.3. The highest BCUT2D eigenvalue weighted by Gasteiger charge is 1.84. The van der Waals surface area contributed by atoms with E-state index in [4.69, 9.17) is 29.1 Å². The molecule has 0 rings (SSSR count). The van der Waals surface area contributed by atoms with Crippen LogP contribution >= 0.6 is 0 Å². The monoisotopic (exact) mass is 212 g/mol. The van der Waals surface area contributed by atoms with E-state index in [9.17, 15) is 0 Å². The molecule has 0 bridgehead atoms. The molecule has 6 N–H and O–H groups in total. The van der Waals surface area contributed by atoms with Crippen molar-refractivity contribution >= 4 is 22.1 Å². The number of hydrogen-bond donors (Lipinski definition) is 4. The topological polar surface area (TPSA) is 151 Å². The van der Waals surface area contributed by atoms with Crippen molar-refractivity contribution in [3.05, 3.63) is 0 Å². The molecule has 0 aliphatic carbocycles. The summed E-state index contributed by atoms with van der Waals surface area (Å²) in [5.41, 5.74) is 5.96. The fourth-order valence-corrected chi connectivity index (χ4v) is 0.258. The van der Waals surface area contributed by atoms with E-state index in [1.54, 1.807) is 0 Å². The van der Waals surface area contributed by atoms with Crippen molar-refractivity contribution in [1.29, 1.82) is 0 Å². The van der Waals surface area contributed by atoms with Crippen LogP contribution in [0.25, 0.3) is 0 Å². The van der Waals surface area contributed by atoms with Crippen LogP contribution in [0.15, 0.2) is 10.1 Å². The van der Waals surface area contributed by atoms with Crippen molar-refractivity contribution < 1.29 is 17.5 Å². The Balaban J connectivity index is 0. The van der Waals surface area contributed by atoms with Crippen molar-refractivity contribution in [2.75, 3.05) is 0 Å². The van der Waals surface area contributed by atoms with Crippen molar-refractivity contribution in [1.82, 2.24) is 0 Å². The molecule has 0 spiro atoms. The summed E-state index contributed by atoms with van der Waals surface area (Å²) in [6.45, 7) is 3.64. The van der Waals surface area contributed by atoms with Gasteiger partial charge < -0.3 is 11.6 Å². The number of hydrogen-bond acceptors (Lipinski definition) is 4. The van der Waals surface area contributed by atoms with Crippen LogP contribution in [-0.4, -0.2) is 29.2 Å². The fraction of sp³-hybridized carbons (Fsp3) is 0.500. The Morgan fingerprint density at radius 3 is 1.69 bits per heavy atom. The average molecular weight is 212 g/mol. The van der Waals surface area contributed by atoms with Gasteiger partial charge >= 0.3 is 10.4 Å². The van der Waals surface area contributed by atoms with Crippen molar-refractivity contribution in [3.8, 4) is 0 Å². The van der Waals surface area contributed by atoms with Crippen molar-refractivity contribution in [2.45, 2.75) is 13.8 Å². The van der Waals surface area contributed by atoms with Gasteiger partial charge in [0.1, 0.15) is 0 Å². The smallest absolute Gasteiger partial charge is 0.367 e. The third-order valence-corrected chi connectivity index (χ3v) is 0.470. The molecule has 0 aliphatic rings. The predicted molar refractivity (Wildman–Crippen MR) is 48.8 cm³/mol. The first kappa shape index (κ1) is 14.3. The maximum Gasteiger partial charge on any atom is 0.394 e. The van der Waals surface area contributed by atoms with E-state index >= 15 is 0 Å². The molecule has 78 valence electrons. The second kappa shape index (κ2) is 6.34. The highest BCUT2D eigenvalue weighted by molar-refractivity contribution is 7.79. The molecule has 0 saturated heterocycles. The molecule has 0 aromatic heterocycles. The molecule has 9 heteroatoms. The van der Waals surface area contributed by atoms with E-state index < -0.39 is 10.4 Å². The molecule has 0 unspecified atom stereocenters. The van der Waals surface area contributed by atoms with E-state index in [1.807, 2.05) is 13.8 Å². The zero-order valence-electron chi connectivity index (χ0n) is 7.17. The zero-order chi connectivity index (χ0) is 11.1. The lowest BCUT2D eigenvalue weighted by Gasteiger charge is -1.87. The molecule has 0 atom stereocenters. The summed E-state index contributed by atoms with van der Waals surface area (Å²) >= 11 is 0. The Bertz CT molecular complexity index is 281. The van der Waals surface area contributed by atoms with Crippen LogP contribution < -0.4 is 11.6 Å². The highest BCUT2D eigenvalue weighted by Crippen LogP contribution is 1.72. The molecule has 0 amide bonds. The molecule has 0 radical (unpaired) electrons. The maximum atomic E-state index is 8.74. The third kappa shape index (κ3) is 36.3. The molecule has 0 aromatic rings. The predicted octanol–water partition coefficient (Wildman–Crippen LogP) is -0.997. The van der Waals surface area contributed by atoms with E-state index in [-0.39, 0.29) is 5.96 Å². The molecular weight excluding hydrogens is 200 g/mol. The van der Waals surface area contributed by atoms with Gasteiger partial charge in [0.2, 0.25) is 5.96 Å². The average Bonchev–Trinajstić information content (AvgIpc) is 1.82. The van der Waals surface area contributed by atoms with Gasteiger partial charge in [-0.2, -0.15) is 8.42 Å². The van der Waals surface area contributed by atoms with Crippen LogP contribution in [0, 0.1) is 0 Å². The first-order valence-electron chi connectivity index (χ1n) is 2.92. The number of nitrogens with zero attached hydrogens (tertiary/aromatic N) is 2. The Morgan fingerprint density at radius 1 is 1.31 bits per heavy atom. The van der Waals surface area contributed by atoms with E-state index in [2.05, 4.69) is 10.1 Å². The van der Waals surface area contributed by atoms with Gasteiger partial charge in [-0.25, -0.2) is 4.99 Å². The zero-order valence-corrected chi connectivity index (χ0v) is 7.98. The van der Waals surface area contributed by atoms with Gasteiger partial charge in [-0.15, -0.1) is 5.10 Å². The Labute approximate surface area is 75.9 Å². The number of rotatable bonds is 0. The van der Waals surface area contributed by atoms with Gasteiger partial charge in [-0.3, -0.25) is 9.11 Å².